The molecule has 1 N–H and O–H groups in total. The van der Waals surface area contributed by atoms with Gasteiger partial charge in [0.15, 0.2) is 11.6 Å². The van der Waals surface area contributed by atoms with E-state index in [4.69, 9.17) is 9.90 Å². The molecule has 3 aliphatic heterocycles. The summed E-state index contributed by atoms with van der Waals surface area (Å²) in [7, 11) is 0. The van der Waals surface area contributed by atoms with Crippen molar-refractivity contribution in [2.24, 2.45) is 15.6 Å². The summed E-state index contributed by atoms with van der Waals surface area (Å²) in [5.74, 6) is -1.20. The molecule has 0 saturated carbocycles. The van der Waals surface area contributed by atoms with E-state index in [1.54, 1.807) is 12.4 Å². The van der Waals surface area contributed by atoms with Gasteiger partial charge in [-0.15, -0.1) is 5.11 Å². The fraction of sp³-hybridized carbons (Fsp3) is 0.429. The molecule has 3 aliphatic rings. The summed E-state index contributed by atoms with van der Waals surface area (Å²) in [6.07, 6.45) is -0.720. The number of halogens is 3. The molecule has 3 rings (SSSR count). The monoisotopic (exact) mass is 359 g/mol. The maximum absolute atomic E-state index is 10.6. The number of carboxylic acid groups (broad SMARTS) is 1. The van der Waals surface area contributed by atoms with Crippen molar-refractivity contribution < 1.29 is 27.9 Å². The summed E-state index contributed by atoms with van der Waals surface area (Å²) in [6.45, 7) is 6.21. The van der Waals surface area contributed by atoms with Crippen molar-refractivity contribution in [3.8, 4) is 11.5 Å². The van der Waals surface area contributed by atoms with E-state index in [0.29, 0.717) is 6.67 Å². The Balaban J connectivity index is 0.000000209. The Morgan fingerprint density at radius 2 is 1.84 bits per heavy atom. The number of alkyl halides is 3. The Hall–Kier alpha value is -2.85. The van der Waals surface area contributed by atoms with Crippen LogP contribution in [0.4, 0.5) is 19.0 Å². The zero-order chi connectivity index (χ0) is 19.3. The zero-order valence-corrected chi connectivity index (χ0v) is 13.7. The van der Waals surface area contributed by atoms with Crippen LogP contribution in [-0.4, -0.2) is 38.1 Å². The molecule has 8 nitrogen and oxygen atoms in total. The average molecular weight is 359 g/mol. The summed E-state index contributed by atoms with van der Waals surface area (Å²) >= 11 is 0. The molecule has 0 amide bonds. The molecule has 0 atom stereocenters. The standard InChI is InChI=1S/C7H5N5.C5H10O.C2HF3O2/c1-2-8-7-5(1)12-4-10-11-6(12)3-9-7;1-5(2,3)4-6;3-2(4,5)1(6)7/h1-3H,4H2;4H,1-3H3;(H,6,7). The fourth-order valence-electron chi connectivity index (χ4n) is 1.34. The van der Waals surface area contributed by atoms with Crippen LogP contribution in [0.3, 0.4) is 0 Å². The van der Waals surface area contributed by atoms with Crippen molar-refractivity contribution in [2.45, 2.75) is 33.6 Å². The molecule has 0 aromatic carbocycles. The summed E-state index contributed by atoms with van der Waals surface area (Å²) in [4.78, 5) is 26.9. The van der Waals surface area contributed by atoms with Crippen LogP contribution in [0.1, 0.15) is 20.8 Å². The quantitative estimate of drug-likeness (QED) is 0.726. The highest BCUT2D eigenvalue weighted by Crippen LogP contribution is 2.27. The minimum atomic E-state index is -5.08. The van der Waals surface area contributed by atoms with Crippen LogP contribution >= 0.6 is 0 Å². The van der Waals surface area contributed by atoms with E-state index in [9.17, 15) is 18.0 Å². The lowest BCUT2D eigenvalue weighted by atomic mass is 10.0. The number of fused-ring (bicyclic) bond motifs is 3. The predicted octanol–water partition coefficient (Wildman–Crippen LogP) is 3.30. The third-order valence-corrected chi connectivity index (χ3v) is 2.50. The number of azo groups is 1. The van der Waals surface area contributed by atoms with Crippen LogP contribution < -0.4 is 0 Å². The topological polar surface area (TPSA) is 110 Å². The second-order valence-corrected chi connectivity index (χ2v) is 5.87. The molecule has 0 aliphatic carbocycles. The van der Waals surface area contributed by atoms with Gasteiger partial charge in [-0.25, -0.2) is 14.8 Å². The number of nitrogens with zero attached hydrogens (tertiary/aromatic N) is 5. The number of aldehydes is 1. The van der Waals surface area contributed by atoms with Gasteiger partial charge in [-0.05, 0) is 6.07 Å². The molecule has 0 saturated heterocycles. The second kappa shape index (κ2) is 7.81. The lowest BCUT2D eigenvalue weighted by Crippen LogP contribution is -2.21. The van der Waals surface area contributed by atoms with E-state index in [1.165, 1.54) is 0 Å². The molecule has 136 valence electrons. The van der Waals surface area contributed by atoms with Crippen LogP contribution in [0.2, 0.25) is 0 Å². The normalized spacial score (nSPS) is 12.6. The Bertz CT molecular complexity index is 734. The summed E-state index contributed by atoms with van der Waals surface area (Å²) in [5.41, 5.74) is 0.859. The van der Waals surface area contributed by atoms with Crippen molar-refractivity contribution >= 4 is 18.1 Å². The van der Waals surface area contributed by atoms with Gasteiger partial charge in [0.2, 0.25) is 0 Å². The first-order valence-corrected chi connectivity index (χ1v) is 6.90. The van der Waals surface area contributed by atoms with E-state index in [1.807, 2.05) is 31.4 Å². The van der Waals surface area contributed by atoms with Gasteiger partial charge in [-0.3, -0.25) is 4.57 Å². The first-order chi connectivity index (χ1) is 11.5. The van der Waals surface area contributed by atoms with Gasteiger partial charge in [0.25, 0.3) is 0 Å². The first-order valence-electron chi connectivity index (χ1n) is 6.90. The van der Waals surface area contributed by atoms with Gasteiger partial charge in [0, 0.05) is 11.6 Å². The highest BCUT2D eigenvalue weighted by Gasteiger charge is 2.38. The number of aliphatic carboxylic acids is 1. The smallest absolute Gasteiger partial charge is 0.475 e. The van der Waals surface area contributed by atoms with Gasteiger partial charge in [0.05, 0.1) is 11.9 Å². The molecule has 0 unspecified atom stereocenters. The van der Waals surface area contributed by atoms with Crippen molar-refractivity contribution in [1.82, 2.24) is 14.5 Å². The van der Waals surface area contributed by atoms with Gasteiger partial charge in [-0.2, -0.15) is 18.3 Å². The molecule has 3 heterocycles. The Labute approximate surface area is 140 Å². The highest BCUT2D eigenvalue weighted by atomic mass is 19.4. The number of carbonyl (C=O) groups excluding carboxylic acids is 1. The number of hydrogen-bond donors (Lipinski definition) is 1. The SMILES string of the molecule is CC(C)(C)C=O.O=C(O)C(F)(F)F.c1cc2n3c(cnc-2n1)N=NC3. The first kappa shape index (κ1) is 20.2. The Morgan fingerprint density at radius 1 is 1.28 bits per heavy atom. The van der Waals surface area contributed by atoms with Crippen molar-refractivity contribution in [1.29, 1.82) is 0 Å². The number of carboxylic acids is 1. The largest absolute Gasteiger partial charge is 0.490 e. The van der Waals surface area contributed by atoms with E-state index in [2.05, 4.69) is 20.2 Å². The van der Waals surface area contributed by atoms with E-state index in [0.717, 1.165) is 23.6 Å². The Morgan fingerprint density at radius 3 is 2.32 bits per heavy atom. The van der Waals surface area contributed by atoms with Crippen LogP contribution in [-0.2, 0) is 16.3 Å². The van der Waals surface area contributed by atoms with E-state index in [-0.39, 0.29) is 5.41 Å². The van der Waals surface area contributed by atoms with Gasteiger partial charge in [-0.1, -0.05) is 20.8 Å². The lowest BCUT2D eigenvalue weighted by molar-refractivity contribution is -0.192. The lowest BCUT2D eigenvalue weighted by Gasteiger charge is -2.04. The molecule has 0 fully saturated rings. The van der Waals surface area contributed by atoms with E-state index < -0.39 is 12.1 Å². The molecule has 0 bridgehead atoms. The van der Waals surface area contributed by atoms with Crippen molar-refractivity contribution in [3.05, 3.63) is 18.5 Å². The van der Waals surface area contributed by atoms with Crippen molar-refractivity contribution in [3.63, 3.8) is 0 Å². The number of rotatable bonds is 0. The van der Waals surface area contributed by atoms with Crippen LogP contribution in [0.15, 0.2) is 28.7 Å². The van der Waals surface area contributed by atoms with Crippen LogP contribution in [0, 0.1) is 5.41 Å². The molecule has 25 heavy (non-hydrogen) atoms. The minimum absolute atomic E-state index is 0.139. The maximum atomic E-state index is 10.6. The molecule has 11 heteroatoms. The van der Waals surface area contributed by atoms with E-state index >= 15 is 0 Å². The zero-order valence-electron chi connectivity index (χ0n) is 13.7. The number of carbonyl (C=O) groups is 2. The van der Waals surface area contributed by atoms with Gasteiger partial charge in [0.1, 0.15) is 13.0 Å². The third kappa shape index (κ3) is 6.28. The summed E-state index contributed by atoms with van der Waals surface area (Å²) in [5, 5.41) is 15.0. The molecule has 0 spiro atoms. The molecular formula is C14H16F3N5O3. The number of aromatic nitrogens is 3. The van der Waals surface area contributed by atoms with Gasteiger partial charge < -0.3 is 9.90 Å². The minimum Gasteiger partial charge on any atom is -0.475 e. The maximum Gasteiger partial charge on any atom is 0.490 e. The molecule has 0 aromatic heterocycles. The van der Waals surface area contributed by atoms with Gasteiger partial charge >= 0.3 is 12.1 Å². The number of hydrogen-bond acceptors (Lipinski definition) is 6. The highest BCUT2D eigenvalue weighted by molar-refractivity contribution is 5.73. The average Bonchev–Trinajstić information content (AvgIpc) is 3.14. The summed E-state index contributed by atoms with van der Waals surface area (Å²) < 4.78 is 33.7. The predicted molar refractivity (Wildman–Crippen MR) is 80.4 cm³/mol. The molecule has 0 aromatic rings. The van der Waals surface area contributed by atoms with Crippen LogP contribution in [0.25, 0.3) is 11.5 Å². The fourth-order valence-corrected chi connectivity index (χ4v) is 1.34. The summed E-state index contributed by atoms with van der Waals surface area (Å²) in [6, 6.07) is 1.92. The molecule has 0 radical (unpaired) electrons. The second-order valence-electron chi connectivity index (χ2n) is 5.87. The van der Waals surface area contributed by atoms with Crippen LogP contribution in [0.5, 0.6) is 0 Å². The third-order valence-electron chi connectivity index (χ3n) is 2.50. The Kier molecular flexibility index (Phi) is 6.31. The molecular weight excluding hydrogens is 343 g/mol. The van der Waals surface area contributed by atoms with Crippen molar-refractivity contribution in [2.75, 3.05) is 0 Å².